The number of halogens is 1. The van der Waals surface area contributed by atoms with Gasteiger partial charge >= 0.3 is 0 Å². The molecule has 1 aromatic carbocycles. The normalized spacial score (nSPS) is 11.2. The van der Waals surface area contributed by atoms with E-state index >= 15 is 0 Å². The van der Waals surface area contributed by atoms with Crippen molar-refractivity contribution in [3.8, 4) is 5.88 Å². The van der Waals surface area contributed by atoms with Gasteiger partial charge in [-0.3, -0.25) is 4.72 Å². The number of ether oxygens (including phenoxy) is 1. The molecule has 2 N–H and O–H groups in total. The summed E-state index contributed by atoms with van der Waals surface area (Å²) in [5.74, 6) is -0.375. The molecule has 0 bridgehead atoms. The second kappa shape index (κ2) is 6.06. The number of hydrogen-bond acceptors (Lipinski definition) is 5. The van der Waals surface area contributed by atoms with Crippen molar-refractivity contribution in [3.05, 3.63) is 47.9 Å². The molecule has 1 aromatic heterocycles. The van der Waals surface area contributed by atoms with Crippen LogP contribution in [0.15, 0.2) is 41.4 Å². The van der Waals surface area contributed by atoms with Crippen LogP contribution in [-0.4, -0.2) is 25.6 Å². The van der Waals surface area contributed by atoms with Gasteiger partial charge in [-0.2, -0.15) is 0 Å². The van der Waals surface area contributed by atoms with Gasteiger partial charge in [0, 0.05) is 6.07 Å². The van der Waals surface area contributed by atoms with Crippen molar-refractivity contribution in [2.45, 2.75) is 11.5 Å². The first-order valence-electron chi connectivity index (χ1n) is 5.88. The highest BCUT2D eigenvalue weighted by atomic mass is 32.2. The zero-order valence-electron chi connectivity index (χ0n) is 11.1. The summed E-state index contributed by atoms with van der Waals surface area (Å²) in [6.45, 7) is -0.516. The van der Waals surface area contributed by atoms with E-state index in [2.05, 4.69) is 9.71 Å². The van der Waals surface area contributed by atoms with Crippen LogP contribution in [0.25, 0.3) is 0 Å². The minimum Gasteiger partial charge on any atom is -0.481 e. The highest BCUT2D eigenvalue weighted by molar-refractivity contribution is 7.92. The van der Waals surface area contributed by atoms with Gasteiger partial charge in [0.1, 0.15) is 5.82 Å². The Labute approximate surface area is 121 Å². The summed E-state index contributed by atoms with van der Waals surface area (Å²) < 4.78 is 44.9. The summed E-state index contributed by atoms with van der Waals surface area (Å²) in [5.41, 5.74) is 0.300. The third-order valence-electron chi connectivity index (χ3n) is 2.69. The van der Waals surface area contributed by atoms with Crippen LogP contribution in [0.4, 0.5) is 10.1 Å². The van der Waals surface area contributed by atoms with Crippen LogP contribution in [0.2, 0.25) is 0 Å². The Balaban J connectivity index is 2.35. The minimum atomic E-state index is -4.03. The fourth-order valence-electron chi connectivity index (χ4n) is 1.68. The summed E-state index contributed by atoms with van der Waals surface area (Å²) in [5, 5.41) is 9.16. The molecule has 0 aliphatic carbocycles. The second-order valence-electron chi connectivity index (χ2n) is 4.10. The molecule has 0 unspecified atom stereocenters. The quantitative estimate of drug-likeness (QED) is 0.874. The lowest BCUT2D eigenvalue weighted by Gasteiger charge is -2.11. The van der Waals surface area contributed by atoms with Crippen LogP contribution in [0.1, 0.15) is 5.56 Å². The summed E-state index contributed by atoms with van der Waals surface area (Å²) >= 11 is 0. The topological polar surface area (TPSA) is 88.5 Å². The first kappa shape index (κ1) is 15.2. The second-order valence-corrected chi connectivity index (χ2v) is 5.76. The standard InChI is InChI=1S/C13H13FN2O4S/c1-20-13-5-4-11(7-15-13)16-21(18,19)12-6-10(14)3-2-9(12)8-17/h2-7,16-17H,8H2,1H3. The predicted molar refractivity (Wildman–Crippen MR) is 73.9 cm³/mol. The number of anilines is 1. The highest BCUT2D eigenvalue weighted by Gasteiger charge is 2.19. The van der Waals surface area contributed by atoms with Gasteiger partial charge in [-0.15, -0.1) is 0 Å². The summed E-state index contributed by atoms with van der Waals surface area (Å²) in [6.07, 6.45) is 1.27. The van der Waals surface area contributed by atoms with Crippen molar-refractivity contribution < 1.29 is 22.7 Å². The van der Waals surface area contributed by atoms with Crippen molar-refractivity contribution >= 4 is 15.7 Å². The molecule has 0 aliphatic rings. The van der Waals surface area contributed by atoms with Crippen LogP contribution in [-0.2, 0) is 16.6 Å². The summed E-state index contributed by atoms with van der Waals surface area (Å²) in [6, 6.07) is 6.10. The Bertz CT molecular complexity index is 732. The molecule has 21 heavy (non-hydrogen) atoms. The van der Waals surface area contributed by atoms with Gasteiger partial charge < -0.3 is 9.84 Å². The SMILES string of the molecule is COc1ccc(NS(=O)(=O)c2cc(F)ccc2CO)cn1. The number of nitrogens with zero attached hydrogens (tertiary/aromatic N) is 1. The van der Waals surface area contributed by atoms with Crippen LogP contribution in [0.3, 0.4) is 0 Å². The number of sulfonamides is 1. The molecule has 1 heterocycles. The van der Waals surface area contributed by atoms with Crippen molar-refractivity contribution in [1.82, 2.24) is 4.98 Å². The lowest BCUT2D eigenvalue weighted by molar-refractivity contribution is 0.278. The number of aliphatic hydroxyl groups excluding tert-OH is 1. The molecule has 8 heteroatoms. The maximum atomic E-state index is 13.2. The number of methoxy groups -OCH3 is 1. The smallest absolute Gasteiger partial charge is 0.262 e. The minimum absolute atomic E-state index is 0.102. The van der Waals surface area contributed by atoms with Crippen LogP contribution >= 0.6 is 0 Å². The number of benzene rings is 1. The van der Waals surface area contributed by atoms with E-state index in [4.69, 9.17) is 9.84 Å². The first-order valence-corrected chi connectivity index (χ1v) is 7.37. The maximum Gasteiger partial charge on any atom is 0.262 e. The lowest BCUT2D eigenvalue weighted by Crippen LogP contribution is -2.15. The Hall–Kier alpha value is -2.19. The average molecular weight is 312 g/mol. The van der Waals surface area contributed by atoms with Crippen LogP contribution in [0.5, 0.6) is 5.88 Å². The van der Waals surface area contributed by atoms with Gasteiger partial charge in [0.2, 0.25) is 5.88 Å². The van der Waals surface area contributed by atoms with E-state index < -0.39 is 22.4 Å². The van der Waals surface area contributed by atoms with E-state index in [0.717, 1.165) is 12.1 Å². The van der Waals surface area contributed by atoms with E-state index in [0.29, 0.717) is 5.88 Å². The fourth-order valence-corrected chi connectivity index (χ4v) is 2.97. The number of pyridine rings is 1. The van der Waals surface area contributed by atoms with Gasteiger partial charge in [0.15, 0.2) is 0 Å². The largest absolute Gasteiger partial charge is 0.481 e. The predicted octanol–water partition coefficient (Wildman–Crippen LogP) is 1.52. The number of aliphatic hydroxyl groups is 1. The first-order chi connectivity index (χ1) is 9.96. The molecule has 2 rings (SSSR count). The molecule has 6 nitrogen and oxygen atoms in total. The summed E-state index contributed by atoms with van der Waals surface area (Å²) in [7, 11) is -2.59. The Kier molecular flexibility index (Phi) is 4.39. The molecule has 0 aliphatic heterocycles. The van der Waals surface area contributed by atoms with Crippen LogP contribution in [0, 0.1) is 5.82 Å². The zero-order valence-corrected chi connectivity index (χ0v) is 11.9. The molecule has 0 fully saturated rings. The van der Waals surface area contributed by atoms with Crippen molar-refractivity contribution in [3.63, 3.8) is 0 Å². The lowest BCUT2D eigenvalue weighted by atomic mass is 10.2. The van der Waals surface area contributed by atoms with E-state index in [9.17, 15) is 12.8 Å². The van der Waals surface area contributed by atoms with Crippen LogP contribution < -0.4 is 9.46 Å². The van der Waals surface area contributed by atoms with Gasteiger partial charge in [0.05, 0.1) is 30.5 Å². The maximum absolute atomic E-state index is 13.2. The molecular formula is C13H13FN2O4S. The van der Waals surface area contributed by atoms with E-state index in [1.165, 1.54) is 31.5 Å². The van der Waals surface area contributed by atoms with Gasteiger partial charge in [-0.05, 0) is 23.8 Å². The molecule has 2 aromatic rings. The van der Waals surface area contributed by atoms with E-state index in [1.807, 2.05) is 0 Å². The Morgan fingerprint density at radius 1 is 1.33 bits per heavy atom. The van der Waals surface area contributed by atoms with E-state index in [-0.39, 0.29) is 16.1 Å². The number of hydrogen-bond donors (Lipinski definition) is 2. The molecule has 0 spiro atoms. The number of nitrogens with one attached hydrogen (secondary N) is 1. The zero-order chi connectivity index (χ0) is 15.5. The summed E-state index contributed by atoms with van der Waals surface area (Å²) in [4.78, 5) is 3.54. The molecular weight excluding hydrogens is 299 g/mol. The molecule has 0 saturated carbocycles. The molecule has 0 atom stereocenters. The molecule has 0 amide bonds. The molecule has 0 radical (unpaired) electrons. The third kappa shape index (κ3) is 3.47. The van der Waals surface area contributed by atoms with Crippen molar-refractivity contribution in [2.24, 2.45) is 0 Å². The molecule has 0 saturated heterocycles. The highest BCUT2D eigenvalue weighted by Crippen LogP contribution is 2.21. The van der Waals surface area contributed by atoms with Crippen molar-refractivity contribution in [1.29, 1.82) is 0 Å². The Morgan fingerprint density at radius 3 is 2.67 bits per heavy atom. The third-order valence-corrected chi connectivity index (χ3v) is 4.15. The van der Waals surface area contributed by atoms with Gasteiger partial charge in [-0.25, -0.2) is 17.8 Å². The van der Waals surface area contributed by atoms with E-state index in [1.54, 1.807) is 0 Å². The molecule has 112 valence electrons. The number of rotatable bonds is 5. The van der Waals surface area contributed by atoms with Crippen molar-refractivity contribution in [2.75, 3.05) is 11.8 Å². The Morgan fingerprint density at radius 2 is 2.10 bits per heavy atom. The van der Waals surface area contributed by atoms with Gasteiger partial charge in [0.25, 0.3) is 10.0 Å². The average Bonchev–Trinajstić information content (AvgIpc) is 2.47. The number of aromatic nitrogens is 1. The monoisotopic (exact) mass is 312 g/mol. The fraction of sp³-hybridized carbons (Fsp3) is 0.154. The van der Waals surface area contributed by atoms with Gasteiger partial charge in [-0.1, -0.05) is 6.07 Å².